The molecular formula is C18H20F3N3OS. The van der Waals surface area contributed by atoms with Gasteiger partial charge in [-0.1, -0.05) is 13.0 Å². The monoisotopic (exact) mass is 383 g/mol. The predicted octanol–water partition coefficient (Wildman–Crippen LogP) is 2.93. The number of thioether (sulfide) groups is 1. The average molecular weight is 383 g/mol. The van der Waals surface area contributed by atoms with Crippen LogP contribution in [0.4, 0.5) is 13.2 Å². The van der Waals surface area contributed by atoms with Crippen LogP contribution in [0.25, 0.3) is 0 Å². The molecule has 0 radical (unpaired) electrons. The molecule has 4 nitrogen and oxygen atoms in total. The van der Waals surface area contributed by atoms with E-state index in [2.05, 4.69) is 9.97 Å². The van der Waals surface area contributed by atoms with Gasteiger partial charge in [0, 0.05) is 48.7 Å². The van der Waals surface area contributed by atoms with Crippen molar-refractivity contribution >= 4 is 11.8 Å². The number of aromatic nitrogens is 2. The van der Waals surface area contributed by atoms with Crippen molar-refractivity contribution < 1.29 is 18.3 Å². The molecular weight excluding hydrogens is 363 g/mol. The molecule has 1 aliphatic rings. The molecule has 8 heteroatoms. The topological polar surface area (TPSA) is 49.3 Å². The Morgan fingerprint density at radius 2 is 1.96 bits per heavy atom. The fraction of sp³-hybridized carbons (Fsp3) is 0.444. The number of hydrogen-bond acceptors (Lipinski definition) is 5. The summed E-state index contributed by atoms with van der Waals surface area (Å²) in [6.45, 7) is 3.15. The Hall–Kier alpha value is -1.64. The van der Waals surface area contributed by atoms with Gasteiger partial charge in [-0.3, -0.25) is 4.90 Å². The molecule has 2 atom stereocenters. The molecule has 26 heavy (non-hydrogen) atoms. The van der Waals surface area contributed by atoms with E-state index < -0.39 is 29.0 Å². The second-order valence-corrected chi connectivity index (χ2v) is 7.64. The lowest BCUT2D eigenvalue weighted by Gasteiger charge is -2.40. The molecule has 1 N–H and O–H groups in total. The van der Waals surface area contributed by atoms with Crippen LogP contribution in [0, 0.1) is 17.5 Å². The number of rotatable bonds is 5. The minimum Gasteiger partial charge on any atom is -0.383 e. The van der Waals surface area contributed by atoms with Gasteiger partial charge in [0.1, 0.15) is 23.6 Å². The normalized spacial score (nSPS) is 19.1. The van der Waals surface area contributed by atoms with Crippen LogP contribution in [0.15, 0.2) is 30.7 Å². The van der Waals surface area contributed by atoms with E-state index in [9.17, 15) is 18.3 Å². The molecule has 0 spiro atoms. The van der Waals surface area contributed by atoms with Gasteiger partial charge in [-0.15, -0.1) is 0 Å². The van der Waals surface area contributed by atoms with Crippen LogP contribution >= 0.6 is 11.8 Å². The fourth-order valence-electron chi connectivity index (χ4n) is 3.26. The van der Waals surface area contributed by atoms with Crippen LogP contribution in [0.3, 0.4) is 0 Å². The zero-order chi connectivity index (χ0) is 18.7. The first-order valence-electron chi connectivity index (χ1n) is 8.35. The molecule has 1 aromatic heterocycles. The third-order valence-corrected chi connectivity index (χ3v) is 5.73. The molecule has 1 saturated heterocycles. The Morgan fingerprint density at radius 3 is 2.62 bits per heavy atom. The van der Waals surface area contributed by atoms with E-state index in [1.54, 1.807) is 18.7 Å². The lowest BCUT2D eigenvalue weighted by atomic mass is 9.79. The number of β-amino-alcohol motifs (C(OH)–C–C–N with tert-alkyl or cyclic N) is 1. The van der Waals surface area contributed by atoms with Gasteiger partial charge in [-0.25, -0.2) is 23.1 Å². The molecule has 0 amide bonds. The van der Waals surface area contributed by atoms with Gasteiger partial charge in [0.25, 0.3) is 0 Å². The first-order chi connectivity index (χ1) is 12.4. The second-order valence-electron chi connectivity index (χ2n) is 6.41. The Morgan fingerprint density at radius 1 is 1.23 bits per heavy atom. The van der Waals surface area contributed by atoms with Crippen LogP contribution in [0.1, 0.15) is 24.1 Å². The maximum atomic E-state index is 14.5. The van der Waals surface area contributed by atoms with Gasteiger partial charge >= 0.3 is 0 Å². The number of benzene rings is 1. The number of hydrogen-bond donors (Lipinski definition) is 1. The smallest absolute Gasteiger partial charge is 0.163 e. The lowest BCUT2D eigenvalue weighted by molar-refractivity contribution is -0.0239. The van der Waals surface area contributed by atoms with E-state index >= 15 is 0 Å². The highest BCUT2D eigenvalue weighted by molar-refractivity contribution is 7.99. The van der Waals surface area contributed by atoms with E-state index in [1.807, 2.05) is 4.90 Å². The standard InChI is InChI=1S/C18H20F3N3OS/c1-12(17-16(21)9-22-11-23-17)18(25,10-24-4-6-26-7-5-24)14-3-2-13(19)8-15(14)20/h2-3,8-9,11-12,25H,4-7,10H2,1H3/t12-,18+/m0/s1. The van der Waals surface area contributed by atoms with E-state index in [0.717, 1.165) is 42.9 Å². The summed E-state index contributed by atoms with van der Waals surface area (Å²) in [7, 11) is 0. The summed E-state index contributed by atoms with van der Waals surface area (Å²) in [5.41, 5.74) is -1.84. The molecule has 0 aliphatic carbocycles. The maximum Gasteiger partial charge on any atom is 0.163 e. The van der Waals surface area contributed by atoms with Crippen molar-refractivity contribution in [2.45, 2.75) is 18.4 Å². The molecule has 3 rings (SSSR count). The first-order valence-corrected chi connectivity index (χ1v) is 9.50. The minimum absolute atomic E-state index is 0.00221. The van der Waals surface area contributed by atoms with E-state index in [0.29, 0.717) is 0 Å². The van der Waals surface area contributed by atoms with Crippen molar-refractivity contribution in [3.63, 3.8) is 0 Å². The molecule has 0 bridgehead atoms. The zero-order valence-electron chi connectivity index (χ0n) is 14.3. The van der Waals surface area contributed by atoms with Crippen LogP contribution < -0.4 is 0 Å². The summed E-state index contributed by atoms with van der Waals surface area (Å²) in [4.78, 5) is 9.58. The van der Waals surface area contributed by atoms with Crippen molar-refractivity contribution in [1.82, 2.24) is 14.9 Å². The Labute approximate surface area is 154 Å². The van der Waals surface area contributed by atoms with E-state index in [1.165, 1.54) is 12.4 Å². The third kappa shape index (κ3) is 3.87. The highest BCUT2D eigenvalue weighted by Gasteiger charge is 2.42. The quantitative estimate of drug-likeness (QED) is 0.860. The molecule has 1 fully saturated rings. The van der Waals surface area contributed by atoms with Gasteiger partial charge in [0.05, 0.1) is 11.9 Å². The molecule has 2 aromatic rings. The Balaban J connectivity index is 2.04. The second kappa shape index (κ2) is 7.94. The first kappa shape index (κ1) is 19.1. The van der Waals surface area contributed by atoms with Gasteiger partial charge < -0.3 is 5.11 Å². The van der Waals surface area contributed by atoms with E-state index in [4.69, 9.17) is 0 Å². The number of nitrogens with zero attached hydrogens (tertiary/aromatic N) is 3. The molecule has 140 valence electrons. The van der Waals surface area contributed by atoms with Crippen molar-refractivity contribution in [2.75, 3.05) is 31.1 Å². The van der Waals surface area contributed by atoms with Crippen LogP contribution in [0.5, 0.6) is 0 Å². The van der Waals surface area contributed by atoms with Crippen LogP contribution in [-0.4, -0.2) is 51.1 Å². The van der Waals surface area contributed by atoms with Crippen molar-refractivity contribution in [3.05, 3.63) is 59.4 Å². The highest BCUT2D eigenvalue weighted by Crippen LogP contribution is 2.39. The summed E-state index contributed by atoms with van der Waals surface area (Å²) < 4.78 is 42.1. The average Bonchev–Trinajstić information content (AvgIpc) is 2.62. The van der Waals surface area contributed by atoms with Gasteiger partial charge in [0.15, 0.2) is 5.82 Å². The summed E-state index contributed by atoms with van der Waals surface area (Å²) in [6, 6.07) is 3.05. The SMILES string of the molecule is C[C@@H](c1ncncc1F)[C@](O)(CN1CCSCC1)c1ccc(F)cc1F. The highest BCUT2D eigenvalue weighted by atomic mass is 32.2. The predicted molar refractivity (Wildman–Crippen MR) is 94.4 cm³/mol. The van der Waals surface area contributed by atoms with Crippen molar-refractivity contribution in [2.24, 2.45) is 0 Å². The minimum atomic E-state index is -1.77. The van der Waals surface area contributed by atoms with E-state index in [-0.39, 0.29) is 17.8 Å². The Bertz CT molecular complexity index is 773. The summed E-state index contributed by atoms with van der Waals surface area (Å²) in [6.07, 6.45) is 2.20. The zero-order valence-corrected chi connectivity index (χ0v) is 15.1. The summed E-state index contributed by atoms with van der Waals surface area (Å²) in [5.74, 6) is -1.32. The van der Waals surface area contributed by atoms with Gasteiger partial charge in [-0.2, -0.15) is 11.8 Å². The van der Waals surface area contributed by atoms with Gasteiger partial charge in [-0.05, 0) is 6.07 Å². The van der Waals surface area contributed by atoms with Crippen molar-refractivity contribution in [1.29, 1.82) is 0 Å². The molecule has 1 aliphatic heterocycles. The van der Waals surface area contributed by atoms with Crippen LogP contribution in [0.2, 0.25) is 0 Å². The maximum absolute atomic E-state index is 14.5. The molecule has 0 unspecified atom stereocenters. The lowest BCUT2D eigenvalue weighted by Crippen LogP contribution is -2.48. The fourth-order valence-corrected chi connectivity index (χ4v) is 4.24. The summed E-state index contributed by atoms with van der Waals surface area (Å²) >= 11 is 1.81. The largest absolute Gasteiger partial charge is 0.383 e. The molecule has 2 heterocycles. The molecule has 0 saturated carbocycles. The van der Waals surface area contributed by atoms with Crippen LogP contribution in [-0.2, 0) is 5.60 Å². The van der Waals surface area contributed by atoms with Crippen molar-refractivity contribution in [3.8, 4) is 0 Å². The number of aliphatic hydroxyl groups is 1. The van der Waals surface area contributed by atoms with Gasteiger partial charge in [0.2, 0.25) is 0 Å². The summed E-state index contributed by atoms with van der Waals surface area (Å²) in [5, 5.41) is 11.5. The Kier molecular flexibility index (Phi) is 5.84. The molecule has 1 aromatic carbocycles. The number of halogens is 3. The third-order valence-electron chi connectivity index (χ3n) is 4.79.